The third-order valence-electron chi connectivity index (χ3n) is 10.6. The zero-order valence-corrected chi connectivity index (χ0v) is 30.1. The largest absolute Gasteiger partial charge is 0.394 e. The highest BCUT2D eigenvalue weighted by Gasteiger charge is 2.34. The van der Waals surface area contributed by atoms with Crippen molar-refractivity contribution in [3.05, 3.63) is 75.4 Å². The van der Waals surface area contributed by atoms with E-state index in [0.717, 1.165) is 73.5 Å². The molecule has 268 valence electrons. The molecule has 0 aliphatic carbocycles. The first-order valence-corrected chi connectivity index (χ1v) is 17.3. The van der Waals surface area contributed by atoms with Gasteiger partial charge in [-0.25, -0.2) is 4.98 Å². The average Bonchev–Trinajstić information content (AvgIpc) is 3.80. The SMILES string of the molecule is C=Cc1c(C)c2cc3nc(c(C)c4nc(cc5[nH]c(cc1[nH]2)c(C)c5CC)C(C)=C4)[C@@H](CCC(=O)N(C)C[C@H](O)[C@@H](O)[C@H](O)[C@H](O)CO)[C@@H]3C. The van der Waals surface area contributed by atoms with Crippen LogP contribution >= 0.6 is 0 Å². The lowest BCUT2D eigenvalue weighted by molar-refractivity contribution is -0.138. The Kier molecular flexibility index (Phi) is 11.1. The highest BCUT2D eigenvalue weighted by molar-refractivity contribution is 5.86. The molecule has 2 aliphatic rings. The van der Waals surface area contributed by atoms with Gasteiger partial charge in [0.25, 0.3) is 0 Å². The van der Waals surface area contributed by atoms with E-state index >= 15 is 0 Å². The predicted octanol–water partition coefficient (Wildman–Crippen LogP) is 4.57. The molecule has 3 aromatic heterocycles. The minimum Gasteiger partial charge on any atom is -0.394 e. The number of aryl methyl sites for hydroxylation is 3. The number of H-pyrrole nitrogens is 2. The fraction of sp³-hybridized carbons (Fsp3) is 0.462. The lowest BCUT2D eigenvalue weighted by Crippen LogP contribution is -2.49. The van der Waals surface area contributed by atoms with Gasteiger partial charge in [-0.3, -0.25) is 9.78 Å². The van der Waals surface area contributed by atoms with Crippen LogP contribution in [0.5, 0.6) is 0 Å². The van der Waals surface area contributed by atoms with Gasteiger partial charge in [-0.1, -0.05) is 26.5 Å². The van der Waals surface area contributed by atoms with Gasteiger partial charge >= 0.3 is 0 Å². The fourth-order valence-corrected chi connectivity index (χ4v) is 7.21. The van der Waals surface area contributed by atoms with Crippen LogP contribution in [0.15, 0.2) is 24.8 Å². The number of nitrogens with zero attached hydrogens (tertiary/aromatic N) is 3. The monoisotopic (exact) mass is 685 g/mol. The summed E-state index contributed by atoms with van der Waals surface area (Å²) in [5.41, 5.74) is 13.9. The molecular formula is C39H51N5O6. The summed E-state index contributed by atoms with van der Waals surface area (Å²) in [6, 6.07) is 6.35. The minimum atomic E-state index is -1.76. The molecule has 0 fully saturated rings. The lowest BCUT2D eigenvalue weighted by atomic mass is 9.85. The van der Waals surface area contributed by atoms with Gasteiger partial charge in [0, 0.05) is 70.9 Å². The molecule has 0 spiro atoms. The van der Waals surface area contributed by atoms with Crippen molar-refractivity contribution >= 4 is 45.7 Å². The summed E-state index contributed by atoms with van der Waals surface area (Å²) in [5, 5.41) is 49.4. The topological polar surface area (TPSA) is 179 Å². The maximum Gasteiger partial charge on any atom is 0.222 e. The van der Waals surface area contributed by atoms with Gasteiger partial charge in [0.2, 0.25) is 5.91 Å². The van der Waals surface area contributed by atoms with Crippen molar-refractivity contribution in [1.29, 1.82) is 0 Å². The average molecular weight is 686 g/mol. The molecule has 11 nitrogen and oxygen atoms in total. The summed E-state index contributed by atoms with van der Waals surface area (Å²) in [6.07, 6.45) is -1.19. The Morgan fingerprint density at radius 3 is 2.26 bits per heavy atom. The number of allylic oxidation sites excluding steroid dienone is 1. The van der Waals surface area contributed by atoms with Gasteiger partial charge in [0.15, 0.2) is 0 Å². The first-order chi connectivity index (χ1) is 23.7. The third-order valence-corrected chi connectivity index (χ3v) is 10.6. The number of nitrogens with one attached hydrogen (secondary N) is 2. The quantitative estimate of drug-likeness (QED) is 0.153. The van der Waals surface area contributed by atoms with Crippen LogP contribution in [-0.2, 0) is 11.2 Å². The molecule has 0 saturated carbocycles. The summed E-state index contributed by atoms with van der Waals surface area (Å²) in [5.74, 6) is -0.382. The number of aliphatic hydroxyl groups is 5. The molecule has 8 bridgehead atoms. The number of amides is 1. The summed E-state index contributed by atoms with van der Waals surface area (Å²) in [4.78, 5) is 32.2. The molecule has 0 saturated heterocycles. The molecule has 3 aromatic rings. The van der Waals surface area contributed by atoms with E-state index in [4.69, 9.17) is 15.1 Å². The number of rotatable bonds is 11. The molecule has 11 heteroatoms. The summed E-state index contributed by atoms with van der Waals surface area (Å²) in [7, 11) is 1.52. The van der Waals surface area contributed by atoms with E-state index in [1.165, 1.54) is 23.1 Å². The van der Waals surface area contributed by atoms with Crippen molar-refractivity contribution in [2.75, 3.05) is 20.2 Å². The van der Waals surface area contributed by atoms with Gasteiger partial charge in [-0.15, -0.1) is 0 Å². The predicted molar refractivity (Wildman–Crippen MR) is 197 cm³/mol. The van der Waals surface area contributed by atoms with E-state index in [0.29, 0.717) is 6.42 Å². The molecule has 2 aliphatic heterocycles. The van der Waals surface area contributed by atoms with Crippen molar-refractivity contribution in [3.63, 3.8) is 0 Å². The van der Waals surface area contributed by atoms with Crippen LogP contribution in [0.1, 0.15) is 96.0 Å². The standard InChI is InChI=1S/C39H51N5O6/c1-9-24-21(5)30-16-33-25(10-2)20(4)29(41-33)15-31-22(6)26(11-12-36(48)44(8)17-34(46)38(49)39(50)35(47)18-45)37(43-31)23(7)28-13-19(3)27(40-28)14-32(24)42-30/h10,13-16,22,26,34-35,38-39,41-42,45-47,49-50H,2,9,11-12,17-18H2,1,3-8H3/t22-,26-,34-,35+,38+,39+/m0/s1. The molecule has 0 unspecified atom stereocenters. The number of aliphatic hydroxyl groups excluding tert-OH is 5. The van der Waals surface area contributed by atoms with E-state index in [9.17, 15) is 25.2 Å². The van der Waals surface area contributed by atoms with Crippen molar-refractivity contribution in [2.45, 2.75) is 97.1 Å². The number of aromatic nitrogens is 4. The van der Waals surface area contributed by atoms with Crippen LogP contribution in [0.3, 0.4) is 0 Å². The number of hydrogen-bond acceptors (Lipinski definition) is 8. The Labute approximate surface area is 293 Å². The number of carbonyl (C=O) groups is 1. The number of carbonyl (C=O) groups excluding carboxylic acids is 1. The summed E-state index contributed by atoms with van der Waals surface area (Å²) < 4.78 is 0. The lowest BCUT2D eigenvalue weighted by Gasteiger charge is -2.29. The molecule has 0 radical (unpaired) electrons. The Morgan fingerprint density at radius 2 is 1.60 bits per heavy atom. The Morgan fingerprint density at radius 1 is 0.940 bits per heavy atom. The normalized spacial score (nSPS) is 18.4. The molecule has 5 heterocycles. The van der Waals surface area contributed by atoms with Crippen LogP contribution in [0, 0.1) is 20.8 Å². The Balaban J connectivity index is 1.58. The second kappa shape index (κ2) is 15.0. The molecule has 5 rings (SSSR count). The molecular weight excluding hydrogens is 634 g/mol. The first-order valence-electron chi connectivity index (χ1n) is 17.3. The molecule has 6 atom stereocenters. The van der Waals surface area contributed by atoms with Crippen molar-refractivity contribution < 1.29 is 30.3 Å². The first kappa shape index (κ1) is 37.1. The molecule has 0 aromatic carbocycles. The van der Waals surface area contributed by atoms with Crippen LogP contribution in [0.4, 0.5) is 0 Å². The zero-order chi connectivity index (χ0) is 36.6. The number of hydrogen-bond donors (Lipinski definition) is 7. The summed E-state index contributed by atoms with van der Waals surface area (Å²) in [6.45, 7) is 15.7. The van der Waals surface area contributed by atoms with E-state index < -0.39 is 31.0 Å². The summed E-state index contributed by atoms with van der Waals surface area (Å²) >= 11 is 0. The molecule has 7 N–H and O–H groups in total. The fourth-order valence-electron chi connectivity index (χ4n) is 7.21. The van der Waals surface area contributed by atoms with Crippen molar-refractivity contribution in [3.8, 4) is 0 Å². The van der Waals surface area contributed by atoms with Crippen LogP contribution in [-0.4, -0.2) is 101 Å². The number of fused-ring (bicyclic) bond motifs is 8. The Bertz CT molecular complexity index is 1980. The van der Waals surface area contributed by atoms with E-state index in [1.807, 2.05) is 13.0 Å². The highest BCUT2D eigenvalue weighted by atomic mass is 16.4. The smallest absolute Gasteiger partial charge is 0.222 e. The van der Waals surface area contributed by atoms with Crippen molar-refractivity contribution in [2.24, 2.45) is 0 Å². The number of likely N-dealkylation sites (N-methyl/N-ethyl adjacent to an activating group) is 1. The van der Waals surface area contributed by atoms with Gasteiger partial charge < -0.3 is 40.4 Å². The minimum absolute atomic E-state index is 0.0272. The van der Waals surface area contributed by atoms with Crippen LogP contribution in [0.25, 0.3) is 39.8 Å². The van der Waals surface area contributed by atoms with Gasteiger partial charge in [0.1, 0.15) is 24.4 Å². The second-order valence-electron chi connectivity index (χ2n) is 13.8. The number of aromatic amines is 2. The Hall–Kier alpha value is -4.13. The maximum atomic E-state index is 13.3. The van der Waals surface area contributed by atoms with E-state index in [1.54, 1.807) is 0 Å². The van der Waals surface area contributed by atoms with Crippen LogP contribution in [0.2, 0.25) is 0 Å². The molecule has 50 heavy (non-hydrogen) atoms. The molecule has 1 amide bonds. The maximum absolute atomic E-state index is 13.3. The van der Waals surface area contributed by atoms with Crippen molar-refractivity contribution in [1.82, 2.24) is 24.8 Å². The third kappa shape index (κ3) is 7.06. The van der Waals surface area contributed by atoms with Gasteiger partial charge in [-0.05, 0) is 92.6 Å². The van der Waals surface area contributed by atoms with Gasteiger partial charge in [0.05, 0.1) is 18.0 Å². The van der Waals surface area contributed by atoms with Gasteiger partial charge in [-0.2, -0.15) is 0 Å². The second-order valence-corrected chi connectivity index (χ2v) is 13.8. The van der Waals surface area contributed by atoms with E-state index in [-0.39, 0.29) is 30.7 Å². The van der Waals surface area contributed by atoms with E-state index in [2.05, 4.69) is 75.4 Å². The zero-order valence-electron chi connectivity index (χ0n) is 30.1. The van der Waals surface area contributed by atoms with Crippen LogP contribution < -0.4 is 0 Å². The highest BCUT2D eigenvalue weighted by Crippen LogP contribution is 2.42.